The van der Waals surface area contributed by atoms with Crippen molar-refractivity contribution in [3.05, 3.63) is 75.3 Å². The lowest BCUT2D eigenvalue weighted by molar-refractivity contribution is -0.384. The highest BCUT2D eigenvalue weighted by Gasteiger charge is 2.45. The number of nitrogens with zero attached hydrogens (tertiary/aromatic N) is 2. The van der Waals surface area contributed by atoms with Gasteiger partial charge in [-0.3, -0.25) is 19.7 Å². The number of aliphatic hydroxyl groups excluding tert-OH is 2. The van der Waals surface area contributed by atoms with Gasteiger partial charge in [-0.2, -0.15) is 0 Å². The number of nitro groups is 1. The number of aliphatic hydroxyl groups is 2. The lowest BCUT2D eigenvalue weighted by atomic mass is 9.95. The van der Waals surface area contributed by atoms with Crippen molar-refractivity contribution in [1.82, 2.24) is 4.90 Å². The van der Waals surface area contributed by atoms with Crippen LogP contribution in [0.1, 0.15) is 17.2 Å². The fourth-order valence-corrected chi connectivity index (χ4v) is 3.25. The summed E-state index contributed by atoms with van der Waals surface area (Å²) in [4.78, 5) is 36.6. The first-order valence-electron chi connectivity index (χ1n) is 8.67. The lowest BCUT2D eigenvalue weighted by Gasteiger charge is -2.24. The molecule has 1 amide bonds. The molecular weight excluding hydrogens is 380 g/mol. The molecule has 1 atom stereocenters. The summed E-state index contributed by atoms with van der Waals surface area (Å²) < 4.78 is 5.07. The predicted molar refractivity (Wildman–Crippen MR) is 102 cm³/mol. The largest absolute Gasteiger partial charge is 0.507 e. The van der Waals surface area contributed by atoms with Crippen LogP contribution in [0.15, 0.2) is 54.1 Å². The van der Waals surface area contributed by atoms with Gasteiger partial charge in [-0.1, -0.05) is 0 Å². The van der Waals surface area contributed by atoms with E-state index in [0.29, 0.717) is 16.9 Å². The number of non-ortho nitro benzene ring substituents is 1. The second-order valence-electron chi connectivity index (χ2n) is 6.29. The molecule has 2 aromatic carbocycles. The van der Waals surface area contributed by atoms with Crippen LogP contribution in [-0.4, -0.2) is 52.0 Å². The third-order valence-corrected chi connectivity index (χ3v) is 4.66. The Balaban J connectivity index is 2.14. The van der Waals surface area contributed by atoms with E-state index in [1.807, 2.05) is 0 Å². The van der Waals surface area contributed by atoms with E-state index in [0.717, 1.165) is 4.90 Å². The molecule has 0 aromatic heterocycles. The highest BCUT2D eigenvalue weighted by molar-refractivity contribution is 6.46. The number of ketones is 1. The van der Waals surface area contributed by atoms with Gasteiger partial charge in [-0.15, -0.1) is 0 Å². The molecule has 0 radical (unpaired) electrons. The average molecular weight is 398 g/mol. The average Bonchev–Trinajstić information content (AvgIpc) is 2.98. The Morgan fingerprint density at radius 1 is 1.14 bits per heavy atom. The van der Waals surface area contributed by atoms with Gasteiger partial charge >= 0.3 is 0 Å². The zero-order chi connectivity index (χ0) is 21.1. The first-order chi connectivity index (χ1) is 13.9. The van der Waals surface area contributed by atoms with Crippen LogP contribution in [0.3, 0.4) is 0 Å². The smallest absolute Gasteiger partial charge is 0.295 e. The third kappa shape index (κ3) is 3.67. The van der Waals surface area contributed by atoms with Gasteiger partial charge in [0.05, 0.1) is 30.3 Å². The van der Waals surface area contributed by atoms with Gasteiger partial charge in [0.25, 0.3) is 17.4 Å². The van der Waals surface area contributed by atoms with Crippen molar-refractivity contribution in [2.75, 3.05) is 20.3 Å². The number of hydrogen-bond donors (Lipinski definition) is 2. The molecule has 0 bridgehead atoms. The SMILES string of the molecule is COc1ccc(/C(O)=C2/C(=O)C(=O)N(CCO)C2c2ccc([N+](=O)[O-])cc2)cc1. The van der Waals surface area contributed by atoms with Crippen LogP contribution in [-0.2, 0) is 9.59 Å². The highest BCUT2D eigenvalue weighted by Crippen LogP contribution is 2.39. The van der Waals surface area contributed by atoms with Gasteiger partial charge in [0.2, 0.25) is 0 Å². The number of carbonyl (C=O) groups is 2. The van der Waals surface area contributed by atoms with Crippen LogP contribution in [0.2, 0.25) is 0 Å². The molecule has 0 spiro atoms. The summed E-state index contributed by atoms with van der Waals surface area (Å²) >= 11 is 0. The molecule has 9 nitrogen and oxygen atoms in total. The summed E-state index contributed by atoms with van der Waals surface area (Å²) in [5.74, 6) is -1.59. The Bertz CT molecular complexity index is 981. The highest BCUT2D eigenvalue weighted by atomic mass is 16.6. The van der Waals surface area contributed by atoms with Gasteiger partial charge in [0.1, 0.15) is 11.5 Å². The summed E-state index contributed by atoms with van der Waals surface area (Å²) in [5.41, 5.74) is 0.406. The summed E-state index contributed by atoms with van der Waals surface area (Å²) in [5, 5.41) is 31.0. The molecule has 1 aliphatic rings. The van der Waals surface area contributed by atoms with Crippen molar-refractivity contribution < 1.29 is 29.5 Å². The normalized spacial score (nSPS) is 18.1. The number of hydrogen-bond acceptors (Lipinski definition) is 7. The van der Waals surface area contributed by atoms with E-state index >= 15 is 0 Å². The van der Waals surface area contributed by atoms with Gasteiger partial charge < -0.3 is 19.8 Å². The number of likely N-dealkylation sites (tertiary alicyclic amines) is 1. The number of β-amino-alcohol motifs (C(OH)–C–C–N with tert-alkyl or cyclic N) is 1. The summed E-state index contributed by atoms with van der Waals surface area (Å²) in [6.07, 6.45) is 0. The maximum atomic E-state index is 12.7. The first-order valence-corrected chi connectivity index (χ1v) is 8.67. The molecular formula is C20H18N2O7. The van der Waals surface area contributed by atoms with Crippen molar-refractivity contribution in [2.45, 2.75) is 6.04 Å². The maximum absolute atomic E-state index is 12.7. The van der Waals surface area contributed by atoms with Gasteiger partial charge in [-0.05, 0) is 42.0 Å². The Morgan fingerprint density at radius 3 is 2.28 bits per heavy atom. The summed E-state index contributed by atoms with van der Waals surface area (Å²) in [6.45, 7) is -0.523. The summed E-state index contributed by atoms with van der Waals surface area (Å²) in [7, 11) is 1.49. The van der Waals surface area contributed by atoms with E-state index < -0.39 is 22.7 Å². The van der Waals surface area contributed by atoms with Crippen molar-refractivity contribution in [3.63, 3.8) is 0 Å². The minimum Gasteiger partial charge on any atom is -0.507 e. The van der Waals surface area contributed by atoms with Gasteiger partial charge in [0.15, 0.2) is 0 Å². The molecule has 2 N–H and O–H groups in total. The molecule has 1 heterocycles. The Kier molecular flexibility index (Phi) is 5.60. The molecule has 150 valence electrons. The lowest BCUT2D eigenvalue weighted by Crippen LogP contribution is -2.32. The minimum absolute atomic E-state index is 0.133. The summed E-state index contributed by atoms with van der Waals surface area (Å²) in [6, 6.07) is 10.6. The van der Waals surface area contributed by atoms with E-state index in [-0.39, 0.29) is 30.2 Å². The standard InChI is InChI=1S/C20H18N2O7/c1-29-15-8-4-13(5-9-15)18(24)16-17(21(10-11-23)20(26)19(16)25)12-2-6-14(7-3-12)22(27)28/h2-9,17,23-24H,10-11H2,1H3/b18-16-. The van der Waals surface area contributed by atoms with Crippen molar-refractivity contribution in [3.8, 4) is 5.75 Å². The fourth-order valence-electron chi connectivity index (χ4n) is 3.25. The number of nitro benzene ring substituents is 1. The van der Waals surface area contributed by atoms with Crippen molar-refractivity contribution in [1.29, 1.82) is 0 Å². The number of ether oxygens (including phenoxy) is 1. The molecule has 2 aromatic rings. The molecule has 1 aliphatic heterocycles. The van der Waals surface area contributed by atoms with E-state index in [1.165, 1.54) is 31.4 Å². The maximum Gasteiger partial charge on any atom is 0.295 e. The fraction of sp³-hybridized carbons (Fsp3) is 0.200. The molecule has 0 aliphatic carbocycles. The van der Waals surface area contributed by atoms with Gasteiger partial charge in [0, 0.05) is 24.2 Å². The number of benzene rings is 2. The number of amides is 1. The monoisotopic (exact) mass is 398 g/mol. The van der Waals surface area contributed by atoms with Crippen molar-refractivity contribution in [2.24, 2.45) is 0 Å². The Hall–Kier alpha value is -3.72. The van der Waals surface area contributed by atoms with Crippen molar-refractivity contribution >= 4 is 23.1 Å². The molecule has 1 unspecified atom stereocenters. The first kappa shape index (κ1) is 20.0. The Morgan fingerprint density at radius 2 is 1.76 bits per heavy atom. The number of rotatable bonds is 6. The molecule has 0 saturated carbocycles. The Labute approximate surface area is 165 Å². The van der Waals surface area contributed by atoms with E-state index in [1.54, 1.807) is 24.3 Å². The molecule has 29 heavy (non-hydrogen) atoms. The van der Waals surface area contributed by atoms with Crippen LogP contribution in [0, 0.1) is 10.1 Å². The number of methoxy groups -OCH3 is 1. The van der Waals surface area contributed by atoms with Crippen LogP contribution in [0.25, 0.3) is 5.76 Å². The van der Waals surface area contributed by atoms with E-state index in [9.17, 15) is 29.9 Å². The van der Waals surface area contributed by atoms with E-state index in [2.05, 4.69) is 0 Å². The van der Waals surface area contributed by atoms with Crippen LogP contribution in [0.4, 0.5) is 5.69 Å². The minimum atomic E-state index is -0.981. The third-order valence-electron chi connectivity index (χ3n) is 4.66. The predicted octanol–water partition coefficient (Wildman–Crippen LogP) is 2.02. The van der Waals surface area contributed by atoms with Crippen LogP contribution in [0.5, 0.6) is 5.75 Å². The zero-order valence-electron chi connectivity index (χ0n) is 15.4. The number of carbonyl (C=O) groups excluding carboxylic acids is 2. The number of Topliss-reactive ketones (excluding diaryl/α,β-unsaturated/α-hetero) is 1. The van der Waals surface area contributed by atoms with E-state index in [4.69, 9.17) is 4.74 Å². The zero-order valence-corrected chi connectivity index (χ0v) is 15.4. The molecule has 1 fully saturated rings. The quantitative estimate of drug-likeness (QED) is 0.250. The van der Waals surface area contributed by atoms with Crippen LogP contribution >= 0.6 is 0 Å². The molecule has 3 rings (SSSR count). The topological polar surface area (TPSA) is 130 Å². The second kappa shape index (κ2) is 8.11. The molecule has 9 heteroatoms. The second-order valence-corrected chi connectivity index (χ2v) is 6.29. The molecule has 1 saturated heterocycles. The van der Waals surface area contributed by atoms with Gasteiger partial charge in [-0.25, -0.2) is 0 Å². The van der Waals surface area contributed by atoms with Crippen LogP contribution < -0.4 is 4.74 Å².